The maximum atomic E-state index is 13.3. The third kappa shape index (κ3) is 3.45. The van der Waals surface area contributed by atoms with Gasteiger partial charge < -0.3 is 9.42 Å². The van der Waals surface area contributed by atoms with Gasteiger partial charge >= 0.3 is 0 Å². The lowest BCUT2D eigenvalue weighted by atomic mass is 9.73. The van der Waals surface area contributed by atoms with Crippen molar-refractivity contribution in [3.8, 4) is 11.3 Å². The molecule has 1 amide bonds. The van der Waals surface area contributed by atoms with Crippen molar-refractivity contribution in [2.45, 2.75) is 44.4 Å². The number of carbonyl (C=O) groups is 1. The summed E-state index contributed by atoms with van der Waals surface area (Å²) in [6.07, 6.45) is 7.04. The number of hydrogen-bond donors (Lipinski definition) is 1. The number of aromatic amines is 1. The molecule has 1 saturated heterocycles. The third-order valence-electron chi connectivity index (χ3n) is 6.32. The Bertz CT molecular complexity index is 997. The summed E-state index contributed by atoms with van der Waals surface area (Å²) in [6, 6.07) is 9.86. The normalized spacial score (nSPS) is 18.7. The van der Waals surface area contributed by atoms with Crippen LogP contribution in [0, 0.1) is 12.8 Å². The lowest BCUT2D eigenvalue weighted by Gasteiger charge is -2.40. The number of piperidine rings is 1. The Morgan fingerprint density at radius 3 is 2.66 bits per heavy atom. The van der Waals surface area contributed by atoms with Crippen molar-refractivity contribution in [1.82, 2.24) is 25.2 Å². The van der Waals surface area contributed by atoms with E-state index in [4.69, 9.17) is 4.52 Å². The predicted molar refractivity (Wildman–Crippen MR) is 107 cm³/mol. The second kappa shape index (κ2) is 7.13. The summed E-state index contributed by atoms with van der Waals surface area (Å²) in [4.78, 5) is 19.8. The average Bonchev–Trinajstić information content (AvgIpc) is 3.24. The van der Waals surface area contributed by atoms with Crippen LogP contribution in [0.4, 0.5) is 0 Å². The van der Waals surface area contributed by atoms with Gasteiger partial charge in [-0.1, -0.05) is 48.3 Å². The van der Waals surface area contributed by atoms with E-state index in [0.29, 0.717) is 24.5 Å². The lowest BCUT2D eigenvalue weighted by Crippen LogP contribution is -2.46. The van der Waals surface area contributed by atoms with Crippen LogP contribution >= 0.6 is 0 Å². The average molecular weight is 391 g/mol. The molecule has 5 rings (SSSR count). The van der Waals surface area contributed by atoms with Crippen LogP contribution in [0.1, 0.15) is 54.2 Å². The van der Waals surface area contributed by atoms with Crippen LogP contribution in [0.25, 0.3) is 11.3 Å². The molecular formula is C22H25N5O2. The van der Waals surface area contributed by atoms with E-state index in [2.05, 4.69) is 20.3 Å². The SMILES string of the molecule is Cc1nc(C2(CC3CC3)CCN(C(=O)c3cn[nH]c3-c3ccccc3)CC2)no1. The molecule has 0 unspecified atom stereocenters. The fourth-order valence-corrected chi connectivity index (χ4v) is 4.49. The molecule has 0 bridgehead atoms. The van der Waals surface area contributed by atoms with Gasteiger partial charge in [0.05, 0.1) is 17.5 Å². The molecule has 1 aromatic carbocycles. The number of benzene rings is 1. The molecule has 1 aliphatic carbocycles. The molecule has 1 aliphatic heterocycles. The minimum atomic E-state index is -0.0750. The third-order valence-corrected chi connectivity index (χ3v) is 6.32. The van der Waals surface area contributed by atoms with Crippen LogP contribution < -0.4 is 0 Å². The van der Waals surface area contributed by atoms with Gasteiger partial charge in [0.15, 0.2) is 5.82 Å². The quantitative estimate of drug-likeness (QED) is 0.716. The Balaban J connectivity index is 1.35. The standard InChI is InChI=1S/C22H25N5O2/c1-15-24-21(26-29-15)22(13-16-7-8-16)9-11-27(12-10-22)20(28)18-14-23-25-19(18)17-5-3-2-4-6-17/h2-6,14,16H,7-13H2,1H3,(H,23,25). The van der Waals surface area contributed by atoms with Crippen LogP contribution in [0.3, 0.4) is 0 Å². The van der Waals surface area contributed by atoms with Crippen LogP contribution in [-0.4, -0.2) is 44.2 Å². The molecule has 150 valence electrons. The van der Waals surface area contributed by atoms with Gasteiger partial charge in [-0.15, -0.1) is 0 Å². The van der Waals surface area contributed by atoms with Crippen LogP contribution in [0.15, 0.2) is 41.1 Å². The molecule has 1 saturated carbocycles. The zero-order chi connectivity index (χ0) is 19.8. The highest BCUT2D eigenvalue weighted by molar-refractivity contribution is 5.99. The van der Waals surface area contributed by atoms with Crippen molar-refractivity contribution in [2.24, 2.45) is 5.92 Å². The molecule has 7 heteroatoms. The van der Waals surface area contributed by atoms with E-state index in [9.17, 15) is 4.79 Å². The first-order valence-corrected chi connectivity index (χ1v) is 10.3. The van der Waals surface area contributed by atoms with E-state index in [0.717, 1.165) is 42.3 Å². The number of likely N-dealkylation sites (tertiary alicyclic amines) is 1. The number of nitrogens with zero attached hydrogens (tertiary/aromatic N) is 4. The predicted octanol–water partition coefficient (Wildman–Crippen LogP) is 3.74. The molecule has 7 nitrogen and oxygen atoms in total. The van der Waals surface area contributed by atoms with E-state index >= 15 is 0 Å². The number of H-pyrrole nitrogens is 1. The topological polar surface area (TPSA) is 87.9 Å². The molecule has 0 spiro atoms. The lowest BCUT2D eigenvalue weighted by molar-refractivity contribution is 0.0646. The monoisotopic (exact) mass is 391 g/mol. The molecule has 0 atom stereocenters. The highest BCUT2D eigenvalue weighted by atomic mass is 16.5. The van der Waals surface area contributed by atoms with Crippen LogP contribution in [0.2, 0.25) is 0 Å². The molecule has 3 heterocycles. The van der Waals surface area contributed by atoms with Gasteiger partial charge in [-0.25, -0.2) is 0 Å². The highest BCUT2D eigenvalue weighted by Gasteiger charge is 2.44. The van der Waals surface area contributed by atoms with Crippen molar-refractivity contribution in [3.05, 3.63) is 53.8 Å². The number of hydrogen-bond acceptors (Lipinski definition) is 5. The minimum Gasteiger partial charge on any atom is -0.340 e. The van der Waals surface area contributed by atoms with Crippen LogP contribution in [-0.2, 0) is 5.41 Å². The first-order valence-electron chi connectivity index (χ1n) is 10.3. The van der Waals surface area contributed by atoms with E-state index < -0.39 is 0 Å². The fraction of sp³-hybridized carbons (Fsp3) is 0.455. The first-order chi connectivity index (χ1) is 14.1. The van der Waals surface area contributed by atoms with E-state index in [-0.39, 0.29) is 11.3 Å². The molecule has 2 aliphatic rings. The van der Waals surface area contributed by atoms with E-state index in [1.54, 1.807) is 6.20 Å². The maximum absolute atomic E-state index is 13.3. The summed E-state index contributed by atoms with van der Waals surface area (Å²) in [7, 11) is 0. The van der Waals surface area contributed by atoms with Gasteiger partial charge in [-0.2, -0.15) is 10.1 Å². The number of aryl methyl sites for hydroxylation is 1. The first kappa shape index (κ1) is 18.1. The van der Waals surface area contributed by atoms with Crippen molar-refractivity contribution in [3.63, 3.8) is 0 Å². The Morgan fingerprint density at radius 2 is 2.00 bits per heavy atom. The molecular weight excluding hydrogens is 366 g/mol. The zero-order valence-corrected chi connectivity index (χ0v) is 16.6. The van der Waals surface area contributed by atoms with Gasteiger partial charge in [-0.05, 0) is 25.2 Å². The summed E-state index contributed by atoms with van der Waals surface area (Å²) in [5, 5.41) is 11.4. The Morgan fingerprint density at radius 1 is 1.24 bits per heavy atom. The molecule has 0 radical (unpaired) electrons. The number of amides is 1. The van der Waals surface area contributed by atoms with Crippen molar-refractivity contribution in [1.29, 1.82) is 0 Å². The molecule has 2 fully saturated rings. The smallest absolute Gasteiger partial charge is 0.257 e. The van der Waals surface area contributed by atoms with Gasteiger partial charge in [-0.3, -0.25) is 9.89 Å². The maximum Gasteiger partial charge on any atom is 0.257 e. The van der Waals surface area contributed by atoms with Crippen LogP contribution in [0.5, 0.6) is 0 Å². The van der Waals surface area contributed by atoms with Gasteiger partial charge in [0.1, 0.15) is 0 Å². The van der Waals surface area contributed by atoms with Gasteiger partial charge in [0.25, 0.3) is 5.91 Å². The summed E-state index contributed by atoms with van der Waals surface area (Å²) in [6.45, 7) is 3.22. The number of rotatable bonds is 5. The number of nitrogens with one attached hydrogen (secondary N) is 1. The van der Waals surface area contributed by atoms with Crippen molar-refractivity contribution in [2.75, 3.05) is 13.1 Å². The molecule has 3 aromatic rings. The highest BCUT2D eigenvalue weighted by Crippen LogP contribution is 2.46. The largest absolute Gasteiger partial charge is 0.340 e. The molecule has 1 N–H and O–H groups in total. The summed E-state index contributed by atoms with van der Waals surface area (Å²) in [5.74, 6) is 2.22. The summed E-state index contributed by atoms with van der Waals surface area (Å²) < 4.78 is 5.29. The minimum absolute atomic E-state index is 0.0296. The summed E-state index contributed by atoms with van der Waals surface area (Å²) in [5.41, 5.74) is 2.30. The zero-order valence-electron chi connectivity index (χ0n) is 16.6. The second-order valence-corrected chi connectivity index (χ2v) is 8.38. The van der Waals surface area contributed by atoms with E-state index in [1.807, 2.05) is 42.2 Å². The Hall–Kier alpha value is -2.96. The number of carbonyl (C=O) groups excluding carboxylic acids is 1. The number of aromatic nitrogens is 4. The molecule has 29 heavy (non-hydrogen) atoms. The molecule has 2 aromatic heterocycles. The van der Waals surface area contributed by atoms with E-state index in [1.165, 1.54) is 12.8 Å². The van der Waals surface area contributed by atoms with Gasteiger partial charge in [0.2, 0.25) is 5.89 Å². The fourth-order valence-electron chi connectivity index (χ4n) is 4.49. The summed E-state index contributed by atoms with van der Waals surface area (Å²) >= 11 is 0. The Labute approximate surface area is 169 Å². The van der Waals surface area contributed by atoms with Crippen molar-refractivity contribution < 1.29 is 9.32 Å². The van der Waals surface area contributed by atoms with Crippen molar-refractivity contribution >= 4 is 5.91 Å². The van der Waals surface area contributed by atoms with Gasteiger partial charge in [0, 0.05) is 31.0 Å². The Kier molecular flexibility index (Phi) is 4.45. The second-order valence-electron chi connectivity index (χ2n) is 8.38.